The maximum atomic E-state index is 11.9. The van der Waals surface area contributed by atoms with Crippen LogP contribution >= 0.6 is 0 Å². The third-order valence-corrected chi connectivity index (χ3v) is 8.59. The summed E-state index contributed by atoms with van der Waals surface area (Å²) >= 11 is 0. The van der Waals surface area contributed by atoms with E-state index >= 15 is 0 Å². The van der Waals surface area contributed by atoms with Crippen LogP contribution in [-0.4, -0.2) is 83.9 Å². The van der Waals surface area contributed by atoms with Gasteiger partial charge in [0, 0.05) is 12.8 Å². The number of hydrogen-bond acceptors (Lipinski definition) is 10. The summed E-state index contributed by atoms with van der Waals surface area (Å²) in [6.07, 6.45) is 17.3. The minimum absolute atomic E-state index is 0. The second-order valence-electron chi connectivity index (χ2n) is 11.8. The van der Waals surface area contributed by atoms with Crippen molar-refractivity contribution in [3.63, 3.8) is 0 Å². The van der Waals surface area contributed by atoms with Crippen LogP contribution in [-0.2, 0) is 29.1 Å². The molecule has 0 aliphatic carbocycles. The number of aliphatic hydroxyl groups excluding tert-OH is 3. The zero-order valence-electron chi connectivity index (χ0n) is 27.0. The number of aliphatic hydroxyl groups is 3. The van der Waals surface area contributed by atoms with Gasteiger partial charge in [-0.3, -0.25) is 4.79 Å². The van der Waals surface area contributed by atoms with Gasteiger partial charge in [-0.15, -0.1) is 0 Å². The number of hydrogen-bond donors (Lipinski definition) is 3. The van der Waals surface area contributed by atoms with Crippen LogP contribution in [0.1, 0.15) is 142 Å². The Kier molecular flexibility index (Phi) is 27.4. The molecule has 3 N–H and O–H groups in total. The van der Waals surface area contributed by atoms with Crippen molar-refractivity contribution in [3.8, 4) is 0 Å². The van der Waals surface area contributed by atoms with Gasteiger partial charge in [0.05, 0.1) is 29.1 Å². The Labute approximate surface area is 283 Å². The molecule has 0 aromatic rings. The Balaban J connectivity index is 0.0000176. The Morgan fingerprint density at radius 2 is 1.12 bits per heavy atom. The predicted octanol–water partition coefficient (Wildman–Crippen LogP) is 2.12. The molecule has 1 fully saturated rings. The molecule has 0 saturated carbocycles. The molecule has 0 bridgehead atoms. The van der Waals surface area contributed by atoms with E-state index in [2.05, 4.69) is 6.92 Å². The van der Waals surface area contributed by atoms with Gasteiger partial charge in [-0.25, -0.2) is 8.42 Å². The van der Waals surface area contributed by atoms with Crippen LogP contribution in [0.4, 0.5) is 0 Å². The standard InChI is InChI=1S/C31H60O10S.Na/c1-2-3-4-5-6-7-8-9-10-11-12-13-14-15-16-17-18-19-20-22-27(32)39-23-21-24-40-31-30(35)29(34)28(33)26(41-31)25-42(36,37)38;/h26,28-31,33-35H,2-25H2,1H3,(H,36,37,38);/q;+1/p-1/t26-,28-,29+,30-,31+;/m1./s1. The maximum absolute atomic E-state index is 11.9. The first-order chi connectivity index (χ1) is 20.2. The van der Waals surface area contributed by atoms with Gasteiger partial charge in [-0.2, -0.15) is 0 Å². The maximum Gasteiger partial charge on any atom is 1.00 e. The van der Waals surface area contributed by atoms with E-state index in [9.17, 15) is 33.1 Å². The summed E-state index contributed by atoms with van der Waals surface area (Å²) in [5.41, 5.74) is 0. The Bertz CT molecular complexity index is 770. The molecule has 250 valence electrons. The van der Waals surface area contributed by atoms with Crippen molar-refractivity contribution in [1.82, 2.24) is 0 Å². The molecule has 0 aromatic heterocycles. The van der Waals surface area contributed by atoms with Gasteiger partial charge in [0.1, 0.15) is 24.4 Å². The number of esters is 1. The third-order valence-electron chi connectivity index (χ3n) is 7.86. The number of ether oxygens (including phenoxy) is 3. The van der Waals surface area contributed by atoms with Crippen LogP contribution in [0.3, 0.4) is 0 Å². The monoisotopic (exact) mass is 646 g/mol. The quantitative estimate of drug-likeness (QED) is 0.0522. The molecule has 10 nitrogen and oxygen atoms in total. The normalized spacial score (nSPS) is 22.3. The van der Waals surface area contributed by atoms with Gasteiger partial charge in [-0.05, 0) is 6.42 Å². The van der Waals surface area contributed by atoms with Crippen molar-refractivity contribution in [3.05, 3.63) is 0 Å². The fraction of sp³-hybridized carbons (Fsp3) is 0.968. The molecule has 1 aliphatic heterocycles. The van der Waals surface area contributed by atoms with Crippen LogP contribution in [0.2, 0.25) is 0 Å². The molecule has 1 aliphatic rings. The van der Waals surface area contributed by atoms with Crippen molar-refractivity contribution in [2.75, 3.05) is 19.0 Å². The number of unbranched alkanes of at least 4 members (excludes halogenated alkanes) is 18. The van der Waals surface area contributed by atoms with Crippen molar-refractivity contribution < 1.29 is 76.9 Å². The summed E-state index contributed by atoms with van der Waals surface area (Å²) < 4.78 is 48.6. The Hall–Kier alpha value is 0.180. The minimum Gasteiger partial charge on any atom is -0.748 e. The van der Waals surface area contributed by atoms with Gasteiger partial charge in [0.2, 0.25) is 0 Å². The molecule has 0 spiro atoms. The van der Waals surface area contributed by atoms with Crippen LogP contribution < -0.4 is 29.6 Å². The molecule has 5 atom stereocenters. The van der Waals surface area contributed by atoms with Crippen molar-refractivity contribution >= 4 is 16.1 Å². The largest absolute Gasteiger partial charge is 1.00 e. The molecule has 1 saturated heterocycles. The molecule has 43 heavy (non-hydrogen) atoms. The van der Waals surface area contributed by atoms with E-state index in [0.717, 1.165) is 19.3 Å². The van der Waals surface area contributed by atoms with E-state index < -0.39 is 46.6 Å². The number of carbonyl (C=O) groups excluding carboxylic acids is 1. The zero-order chi connectivity index (χ0) is 31.1. The SMILES string of the molecule is CCCCCCCCCCCCCCCCCCCCCC(=O)OCCCO[C@H]1O[C@H](CS(=O)(=O)[O-])[C@@H](O)[C@H](O)[C@H]1O.[Na+]. The zero-order valence-corrected chi connectivity index (χ0v) is 29.8. The Morgan fingerprint density at radius 1 is 0.674 bits per heavy atom. The van der Waals surface area contributed by atoms with E-state index in [-0.39, 0.29) is 48.7 Å². The van der Waals surface area contributed by atoms with E-state index in [1.54, 1.807) is 0 Å². The smallest absolute Gasteiger partial charge is 0.748 e. The summed E-state index contributed by atoms with van der Waals surface area (Å²) in [6.45, 7) is 2.36. The first-order valence-corrected chi connectivity index (χ1v) is 18.1. The molecule has 12 heteroatoms. The fourth-order valence-electron chi connectivity index (χ4n) is 5.26. The van der Waals surface area contributed by atoms with E-state index in [1.807, 2.05) is 0 Å². The average molecular weight is 647 g/mol. The second kappa shape index (κ2) is 27.3. The summed E-state index contributed by atoms with van der Waals surface area (Å²) in [5, 5.41) is 29.7. The van der Waals surface area contributed by atoms with Crippen LogP contribution in [0.5, 0.6) is 0 Å². The third kappa shape index (κ3) is 23.2. The summed E-state index contributed by atoms with van der Waals surface area (Å²) in [5.74, 6) is -1.34. The second-order valence-corrected chi connectivity index (χ2v) is 13.2. The van der Waals surface area contributed by atoms with Gasteiger partial charge >= 0.3 is 35.5 Å². The average Bonchev–Trinajstić information content (AvgIpc) is 2.94. The van der Waals surface area contributed by atoms with Gasteiger partial charge in [0.15, 0.2) is 6.29 Å². The molecular weight excluding hydrogens is 587 g/mol. The Morgan fingerprint density at radius 3 is 1.56 bits per heavy atom. The molecule has 1 heterocycles. The molecular formula is C31H59NaO10S. The van der Waals surface area contributed by atoms with Crippen molar-refractivity contribution in [1.29, 1.82) is 0 Å². The molecule has 0 aromatic carbocycles. The first-order valence-electron chi connectivity index (χ1n) is 16.6. The molecule has 1 rings (SSSR count). The van der Waals surface area contributed by atoms with Crippen molar-refractivity contribution in [2.45, 2.75) is 172 Å². The number of carbonyl (C=O) groups is 1. The molecule has 0 radical (unpaired) electrons. The van der Waals surface area contributed by atoms with Gasteiger partial charge < -0.3 is 34.1 Å². The van der Waals surface area contributed by atoms with Gasteiger partial charge in [0.25, 0.3) is 0 Å². The van der Waals surface area contributed by atoms with Crippen LogP contribution in [0, 0.1) is 0 Å². The summed E-state index contributed by atoms with van der Waals surface area (Å²) in [6, 6.07) is 0. The van der Waals surface area contributed by atoms with E-state index in [1.165, 1.54) is 103 Å². The minimum atomic E-state index is -4.73. The summed E-state index contributed by atoms with van der Waals surface area (Å²) in [4.78, 5) is 11.9. The topological polar surface area (TPSA) is 163 Å². The van der Waals surface area contributed by atoms with Crippen molar-refractivity contribution in [2.24, 2.45) is 0 Å². The number of rotatable bonds is 27. The van der Waals surface area contributed by atoms with Gasteiger partial charge in [-0.1, -0.05) is 122 Å². The predicted molar refractivity (Wildman–Crippen MR) is 161 cm³/mol. The first kappa shape index (κ1) is 43.2. The summed E-state index contributed by atoms with van der Waals surface area (Å²) in [7, 11) is -4.73. The fourth-order valence-corrected chi connectivity index (χ4v) is 5.94. The van der Waals surface area contributed by atoms with E-state index in [4.69, 9.17) is 14.2 Å². The molecule has 0 amide bonds. The molecule has 0 unspecified atom stereocenters. The van der Waals surface area contributed by atoms with E-state index in [0.29, 0.717) is 12.8 Å². The van der Waals surface area contributed by atoms with Crippen LogP contribution in [0.25, 0.3) is 0 Å². The van der Waals surface area contributed by atoms with Crippen LogP contribution in [0.15, 0.2) is 0 Å².